The third-order valence-corrected chi connectivity index (χ3v) is 5.00. The van der Waals surface area contributed by atoms with Gasteiger partial charge in [-0.25, -0.2) is 4.79 Å². The number of hydrogen-bond acceptors (Lipinski definition) is 6. The molecule has 2 aromatic rings. The number of hydrogen-bond donors (Lipinski definition) is 2. The second kappa shape index (κ2) is 9.09. The van der Waals surface area contributed by atoms with Crippen molar-refractivity contribution >= 4 is 39.9 Å². The maximum absolute atomic E-state index is 12.2. The monoisotopic (exact) mass is 388 g/mol. The van der Waals surface area contributed by atoms with E-state index in [-0.39, 0.29) is 40.7 Å². The number of esters is 1. The van der Waals surface area contributed by atoms with Gasteiger partial charge in [-0.1, -0.05) is 30.3 Å². The number of carbonyl (C=O) groups excluding carboxylic acids is 4. The quantitative estimate of drug-likeness (QED) is 0.533. The highest BCUT2D eigenvalue weighted by Gasteiger charge is 2.25. The summed E-state index contributed by atoms with van der Waals surface area (Å²) in [6, 6.07) is 8.66. The minimum absolute atomic E-state index is 0.0254. The molecule has 27 heavy (non-hydrogen) atoms. The van der Waals surface area contributed by atoms with Crippen LogP contribution in [0.2, 0.25) is 0 Å². The number of anilines is 1. The minimum atomic E-state index is -0.692. The van der Waals surface area contributed by atoms with E-state index in [1.54, 1.807) is 44.2 Å². The molecule has 2 rings (SSSR count). The molecule has 0 unspecified atom stereocenters. The van der Waals surface area contributed by atoms with Gasteiger partial charge in [0.1, 0.15) is 5.00 Å². The van der Waals surface area contributed by atoms with Gasteiger partial charge in [-0.2, -0.15) is 0 Å². The Morgan fingerprint density at radius 1 is 1.11 bits per heavy atom. The fraction of sp³-hybridized carbons (Fsp3) is 0.263. The molecule has 3 N–H and O–H groups in total. The van der Waals surface area contributed by atoms with Gasteiger partial charge < -0.3 is 15.8 Å². The number of carbonyl (C=O) groups is 4. The van der Waals surface area contributed by atoms with Gasteiger partial charge >= 0.3 is 5.97 Å². The zero-order valence-corrected chi connectivity index (χ0v) is 15.9. The number of benzene rings is 1. The average Bonchev–Trinajstić information content (AvgIpc) is 2.97. The van der Waals surface area contributed by atoms with Crippen LogP contribution >= 0.6 is 11.3 Å². The maximum atomic E-state index is 12.2. The molecule has 8 heteroatoms. The first kappa shape index (κ1) is 20.3. The molecule has 0 saturated heterocycles. The van der Waals surface area contributed by atoms with Crippen LogP contribution in [0.1, 0.15) is 55.7 Å². The number of thiophene rings is 1. The Morgan fingerprint density at radius 2 is 1.78 bits per heavy atom. The number of primary amides is 1. The Bertz CT molecular complexity index is 874. The Labute approximate surface area is 160 Å². The molecule has 7 nitrogen and oxygen atoms in total. The number of nitrogens with two attached hydrogens (primary N) is 1. The van der Waals surface area contributed by atoms with Crippen LogP contribution in [0.4, 0.5) is 5.00 Å². The van der Waals surface area contributed by atoms with Crippen molar-refractivity contribution in [3.8, 4) is 0 Å². The first-order valence-corrected chi connectivity index (χ1v) is 9.15. The fourth-order valence-electron chi connectivity index (χ4n) is 2.47. The van der Waals surface area contributed by atoms with Crippen molar-refractivity contribution in [3.05, 3.63) is 51.9 Å². The normalized spacial score (nSPS) is 10.3. The summed E-state index contributed by atoms with van der Waals surface area (Å²) in [6.07, 6.45) is -0.0313. The standard InChI is InChI=1S/C19H20N2O5S/c1-3-26-19(25)15-11(2)16(17(20)24)27-18(15)21-14(23)10-9-13(22)12-7-5-4-6-8-12/h4-8H,3,9-10H2,1-2H3,(H2,20,24)(H,21,23). The average molecular weight is 388 g/mol. The number of ether oxygens (including phenoxy) is 1. The molecular formula is C19H20N2O5S. The molecule has 0 aliphatic heterocycles. The Kier molecular flexibility index (Phi) is 6.84. The summed E-state index contributed by atoms with van der Waals surface area (Å²) in [5.41, 5.74) is 6.33. The van der Waals surface area contributed by atoms with Crippen molar-refractivity contribution < 1.29 is 23.9 Å². The second-order valence-electron chi connectivity index (χ2n) is 5.68. The lowest BCUT2D eigenvalue weighted by atomic mass is 10.1. The maximum Gasteiger partial charge on any atom is 0.341 e. The molecule has 142 valence electrons. The molecule has 2 amide bonds. The van der Waals surface area contributed by atoms with Gasteiger partial charge in [0.25, 0.3) is 5.91 Å². The Balaban J connectivity index is 2.12. The van der Waals surface area contributed by atoms with E-state index >= 15 is 0 Å². The molecule has 1 heterocycles. The number of amides is 2. The second-order valence-corrected chi connectivity index (χ2v) is 6.70. The summed E-state index contributed by atoms with van der Waals surface area (Å²) in [7, 11) is 0. The molecule has 0 aliphatic rings. The van der Waals surface area contributed by atoms with Crippen molar-refractivity contribution in [2.75, 3.05) is 11.9 Å². The third kappa shape index (κ3) is 5.01. The van der Waals surface area contributed by atoms with Crippen LogP contribution in [-0.4, -0.2) is 30.2 Å². The SMILES string of the molecule is CCOC(=O)c1c(NC(=O)CCC(=O)c2ccccc2)sc(C(N)=O)c1C. The Morgan fingerprint density at radius 3 is 2.37 bits per heavy atom. The lowest BCUT2D eigenvalue weighted by Crippen LogP contribution is -2.16. The zero-order chi connectivity index (χ0) is 20.0. The van der Waals surface area contributed by atoms with Gasteiger partial charge in [-0.15, -0.1) is 11.3 Å². The van der Waals surface area contributed by atoms with Crippen LogP contribution in [0.5, 0.6) is 0 Å². The summed E-state index contributed by atoms with van der Waals surface area (Å²) < 4.78 is 4.99. The smallest absolute Gasteiger partial charge is 0.341 e. The van der Waals surface area contributed by atoms with Gasteiger partial charge in [-0.3, -0.25) is 14.4 Å². The van der Waals surface area contributed by atoms with E-state index in [1.165, 1.54) is 0 Å². The number of ketones is 1. The minimum Gasteiger partial charge on any atom is -0.462 e. The van der Waals surface area contributed by atoms with Crippen LogP contribution in [-0.2, 0) is 9.53 Å². The fourth-order valence-corrected chi connectivity index (χ4v) is 3.53. The molecular weight excluding hydrogens is 368 g/mol. The van der Waals surface area contributed by atoms with Crippen LogP contribution < -0.4 is 11.1 Å². The predicted molar refractivity (Wildman–Crippen MR) is 102 cm³/mol. The molecule has 1 aromatic carbocycles. The van der Waals surface area contributed by atoms with Gasteiger partial charge in [0.15, 0.2) is 5.78 Å². The van der Waals surface area contributed by atoms with Crippen molar-refractivity contribution in [2.24, 2.45) is 5.73 Å². The molecule has 1 aromatic heterocycles. The van der Waals surface area contributed by atoms with E-state index in [0.29, 0.717) is 11.1 Å². The molecule has 0 bridgehead atoms. The van der Waals surface area contributed by atoms with Gasteiger partial charge in [-0.05, 0) is 19.4 Å². The van der Waals surface area contributed by atoms with Crippen LogP contribution in [0, 0.1) is 6.92 Å². The molecule has 0 spiro atoms. The lowest BCUT2D eigenvalue weighted by molar-refractivity contribution is -0.116. The Hall–Kier alpha value is -3.00. The highest BCUT2D eigenvalue weighted by molar-refractivity contribution is 7.18. The molecule has 0 fully saturated rings. The summed E-state index contributed by atoms with van der Waals surface area (Å²) in [4.78, 5) is 48.2. The zero-order valence-electron chi connectivity index (χ0n) is 15.0. The summed E-state index contributed by atoms with van der Waals surface area (Å²) in [6.45, 7) is 3.37. The predicted octanol–water partition coefficient (Wildman–Crippen LogP) is 2.93. The van der Waals surface area contributed by atoms with Crippen LogP contribution in [0.25, 0.3) is 0 Å². The van der Waals surface area contributed by atoms with E-state index in [0.717, 1.165) is 11.3 Å². The van der Waals surface area contributed by atoms with Crippen LogP contribution in [0.3, 0.4) is 0 Å². The highest BCUT2D eigenvalue weighted by atomic mass is 32.1. The van der Waals surface area contributed by atoms with Gasteiger partial charge in [0.05, 0.1) is 17.0 Å². The van der Waals surface area contributed by atoms with Crippen molar-refractivity contribution in [1.82, 2.24) is 0 Å². The van der Waals surface area contributed by atoms with E-state index < -0.39 is 17.8 Å². The van der Waals surface area contributed by atoms with Crippen molar-refractivity contribution in [1.29, 1.82) is 0 Å². The number of nitrogens with one attached hydrogen (secondary N) is 1. The number of rotatable bonds is 8. The van der Waals surface area contributed by atoms with Gasteiger partial charge in [0.2, 0.25) is 5.91 Å². The summed E-state index contributed by atoms with van der Waals surface area (Å²) in [5.74, 6) is -1.93. The number of Topliss-reactive ketones (excluding diaryl/α,β-unsaturated/α-hetero) is 1. The van der Waals surface area contributed by atoms with E-state index in [1.807, 2.05) is 0 Å². The first-order chi connectivity index (χ1) is 12.8. The molecule has 0 saturated carbocycles. The van der Waals surface area contributed by atoms with Crippen molar-refractivity contribution in [3.63, 3.8) is 0 Å². The van der Waals surface area contributed by atoms with E-state index in [4.69, 9.17) is 10.5 Å². The lowest BCUT2D eigenvalue weighted by Gasteiger charge is -2.07. The first-order valence-electron chi connectivity index (χ1n) is 8.33. The summed E-state index contributed by atoms with van der Waals surface area (Å²) >= 11 is 0.915. The third-order valence-electron chi connectivity index (χ3n) is 3.78. The topological polar surface area (TPSA) is 116 Å². The van der Waals surface area contributed by atoms with E-state index in [2.05, 4.69) is 5.32 Å². The highest BCUT2D eigenvalue weighted by Crippen LogP contribution is 2.33. The van der Waals surface area contributed by atoms with Crippen molar-refractivity contribution in [2.45, 2.75) is 26.7 Å². The largest absolute Gasteiger partial charge is 0.462 e. The van der Waals surface area contributed by atoms with Gasteiger partial charge in [0, 0.05) is 18.4 Å². The van der Waals surface area contributed by atoms with E-state index in [9.17, 15) is 19.2 Å². The molecule has 0 aliphatic carbocycles. The summed E-state index contributed by atoms with van der Waals surface area (Å²) in [5, 5.41) is 2.78. The molecule has 0 radical (unpaired) electrons. The van der Waals surface area contributed by atoms with Crippen LogP contribution in [0.15, 0.2) is 30.3 Å². The molecule has 0 atom stereocenters.